The van der Waals surface area contributed by atoms with Gasteiger partial charge in [0.25, 0.3) is 0 Å². The number of benzene rings is 2. The highest BCUT2D eigenvalue weighted by Crippen LogP contribution is 2.21. The summed E-state index contributed by atoms with van der Waals surface area (Å²) in [6.07, 6.45) is 0. The fourth-order valence-electron chi connectivity index (χ4n) is 2.71. The number of hydrogen-bond acceptors (Lipinski definition) is 2. The van der Waals surface area contributed by atoms with Crippen molar-refractivity contribution >= 4 is 34.6 Å². The first-order chi connectivity index (χ1) is 11.6. The Bertz CT molecular complexity index is 700. The zero-order valence-corrected chi connectivity index (χ0v) is 14.8. The van der Waals surface area contributed by atoms with Crippen LogP contribution in [0.25, 0.3) is 0 Å². The lowest BCUT2D eigenvalue weighted by Crippen LogP contribution is -2.49. The number of thiocarbonyl (C=S) groups is 1. The molecule has 1 heterocycles. The van der Waals surface area contributed by atoms with Crippen LogP contribution in [0.3, 0.4) is 0 Å². The van der Waals surface area contributed by atoms with Crippen LogP contribution in [0.5, 0.6) is 0 Å². The highest BCUT2D eigenvalue weighted by molar-refractivity contribution is 7.80. The zero-order valence-electron chi connectivity index (χ0n) is 13.2. The number of piperazine rings is 1. The minimum absolute atomic E-state index is 0.195. The van der Waals surface area contributed by atoms with Crippen LogP contribution < -0.4 is 5.32 Å². The molecule has 1 aliphatic heterocycles. The summed E-state index contributed by atoms with van der Waals surface area (Å²) < 4.78 is 13.0. The lowest BCUT2D eigenvalue weighted by molar-refractivity contribution is 0.177. The molecule has 1 aliphatic rings. The summed E-state index contributed by atoms with van der Waals surface area (Å²) in [7, 11) is 0. The monoisotopic (exact) mass is 363 g/mol. The third-order valence-electron chi connectivity index (χ3n) is 4.09. The van der Waals surface area contributed by atoms with Crippen molar-refractivity contribution in [1.29, 1.82) is 0 Å². The lowest BCUT2D eigenvalue weighted by Gasteiger charge is -2.36. The van der Waals surface area contributed by atoms with Gasteiger partial charge in [0.2, 0.25) is 0 Å². The molecule has 2 aromatic rings. The molecule has 0 radical (unpaired) electrons. The van der Waals surface area contributed by atoms with Crippen molar-refractivity contribution in [3.05, 3.63) is 64.9 Å². The van der Waals surface area contributed by atoms with E-state index in [1.807, 2.05) is 36.4 Å². The summed E-state index contributed by atoms with van der Waals surface area (Å²) in [4.78, 5) is 4.50. The van der Waals surface area contributed by atoms with Gasteiger partial charge in [-0.3, -0.25) is 4.90 Å². The number of hydrogen-bond donors (Lipinski definition) is 1. The summed E-state index contributed by atoms with van der Waals surface area (Å²) in [5, 5.41) is 4.58. The van der Waals surface area contributed by atoms with Crippen molar-refractivity contribution in [3.8, 4) is 0 Å². The molecule has 24 heavy (non-hydrogen) atoms. The molecule has 1 fully saturated rings. The topological polar surface area (TPSA) is 18.5 Å². The van der Waals surface area contributed by atoms with Crippen LogP contribution in [-0.2, 0) is 6.54 Å². The third-order valence-corrected chi connectivity index (χ3v) is 4.78. The van der Waals surface area contributed by atoms with E-state index in [1.54, 1.807) is 0 Å². The van der Waals surface area contributed by atoms with Gasteiger partial charge in [-0.25, -0.2) is 4.39 Å². The molecule has 0 aromatic heterocycles. The fourth-order valence-corrected chi connectivity index (χ4v) is 3.19. The largest absolute Gasteiger partial charge is 0.346 e. The predicted molar refractivity (Wildman–Crippen MR) is 101 cm³/mol. The molecule has 0 atom stereocenters. The Hall–Kier alpha value is -1.69. The number of para-hydroxylation sites is 1. The summed E-state index contributed by atoms with van der Waals surface area (Å²) in [5.74, 6) is -0.195. The van der Waals surface area contributed by atoms with Gasteiger partial charge in [0.15, 0.2) is 5.11 Å². The summed E-state index contributed by atoms with van der Waals surface area (Å²) >= 11 is 11.7. The van der Waals surface area contributed by atoms with E-state index < -0.39 is 0 Å². The molecular formula is C18H19ClFN3S. The van der Waals surface area contributed by atoms with Gasteiger partial charge in [-0.05, 0) is 42.0 Å². The normalized spacial score (nSPS) is 15.3. The van der Waals surface area contributed by atoms with E-state index in [4.69, 9.17) is 23.8 Å². The number of halogens is 2. The Labute approximate surface area is 152 Å². The van der Waals surface area contributed by atoms with Crippen LogP contribution in [-0.4, -0.2) is 41.1 Å². The molecule has 0 aliphatic carbocycles. The first-order valence-electron chi connectivity index (χ1n) is 7.89. The fraction of sp³-hybridized carbons (Fsp3) is 0.278. The molecule has 0 bridgehead atoms. The van der Waals surface area contributed by atoms with Gasteiger partial charge < -0.3 is 10.2 Å². The molecule has 0 unspecified atom stereocenters. The number of nitrogens with zero attached hydrogens (tertiary/aromatic N) is 2. The molecule has 6 heteroatoms. The van der Waals surface area contributed by atoms with E-state index in [-0.39, 0.29) is 5.82 Å². The molecular weight excluding hydrogens is 345 g/mol. The van der Waals surface area contributed by atoms with Gasteiger partial charge in [-0.15, -0.1) is 0 Å². The maximum absolute atomic E-state index is 13.0. The second-order valence-electron chi connectivity index (χ2n) is 5.80. The summed E-state index contributed by atoms with van der Waals surface area (Å²) in [6, 6.07) is 14.3. The Kier molecular flexibility index (Phi) is 5.66. The first kappa shape index (κ1) is 17.1. The second-order valence-corrected chi connectivity index (χ2v) is 6.59. The van der Waals surface area contributed by atoms with Crippen molar-refractivity contribution in [2.45, 2.75) is 6.54 Å². The quantitative estimate of drug-likeness (QED) is 0.830. The Morgan fingerprint density at radius 1 is 1.04 bits per heavy atom. The van der Waals surface area contributed by atoms with Gasteiger partial charge in [0, 0.05) is 32.7 Å². The van der Waals surface area contributed by atoms with Gasteiger partial charge in [0.1, 0.15) is 5.82 Å². The zero-order chi connectivity index (χ0) is 16.9. The highest BCUT2D eigenvalue weighted by Gasteiger charge is 2.19. The van der Waals surface area contributed by atoms with Crippen LogP contribution >= 0.6 is 23.8 Å². The van der Waals surface area contributed by atoms with E-state index in [2.05, 4.69) is 15.1 Å². The minimum Gasteiger partial charge on any atom is -0.346 e. The smallest absolute Gasteiger partial charge is 0.173 e. The summed E-state index contributed by atoms with van der Waals surface area (Å²) in [6.45, 7) is 4.39. The van der Waals surface area contributed by atoms with Crippen LogP contribution in [0, 0.1) is 5.82 Å². The molecule has 3 nitrogen and oxygen atoms in total. The molecule has 0 spiro atoms. The Morgan fingerprint density at radius 2 is 1.71 bits per heavy atom. The summed E-state index contributed by atoms with van der Waals surface area (Å²) in [5.41, 5.74) is 1.96. The van der Waals surface area contributed by atoms with Crippen LogP contribution in [0.4, 0.5) is 10.1 Å². The van der Waals surface area contributed by atoms with Crippen molar-refractivity contribution in [3.63, 3.8) is 0 Å². The highest BCUT2D eigenvalue weighted by atomic mass is 35.5. The SMILES string of the molecule is Fc1ccc(CN2CCN(C(=S)Nc3ccccc3Cl)CC2)cc1. The van der Waals surface area contributed by atoms with E-state index >= 15 is 0 Å². The second kappa shape index (κ2) is 7.92. The Morgan fingerprint density at radius 3 is 2.38 bits per heavy atom. The van der Waals surface area contributed by atoms with Crippen LogP contribution in [0.1, 0.15) is 5.56 Å². The van der Waals surface area contributed by atoms with Gasteiger partial charge >= 0.3 is 0 Å². The first-order valence-corrected chi connectivity index (χ1v) is 8.68. The number of nitrogens with one attached hydrogen (secondary N) is 1. The van der Waals surface area contributed by atoms with E-state index in [0.29, 0.717) is 10.1 Å². The average molecular weight is 364 g/mol. The number of anilines is 1. The van der Waals surface area contributed by atoms with E-state index in [1.165, 1.54) is 12.1 Å². The van der Waals surface area contributed by atoms with Crippen molar-refractivity contribution in [2.24, 2.45) is 0 Å². The maximum Gasteiger partial charge on any atom is 0.173 e. The molecule has 2 aromatic carbocycles. The standard InChI is InChI=1S/C18H19ClFN3S/c19-16-3-1-2-4-17(16)21-18(24)23-11-9-22(10-12-23)13-14-5-7-15(20)8-6-14/h1-8H,9-13H2,(H,21,24). The predicted octanol–water partition coefficient (Wildman–Crippen LogP) is 3.99. The minimum atomic E-state index is -0.195. The van der Waals surface area contributed by atoms with Crippen molar-refractivity contribution < 1.29 is 4.39 Å². The maximum atomic E-state index is 13.0. The van der Waals surface area contributed by atoms with Crippen LogP contribution in [0.2, 0.25) is 5.02 Å². The lowest BCUT2D eigenvalue weighted by atomic mass is 10.2. The van der Waals surface area contributed by atoms with E-state index in [9.17, 15) is 4.39 Å². The molecule has 126 valence electrons. The molecule has 1 saturated heterocycles. The van der Waals surface area contributed by atoms with Crippen molar-refractivity contribution in [2.75, 3.05) is 31.5 Å². The number of rotatable bonds is 3. The average Bonchev–Trinajstić information content (AvgIpc) is 2.59. The van der Waals surface area contributed by atoms with Crippen LogP contribution in [0.15, 0.2) is 48.5 Å². The third kappa shape index (κ3) is 4.44. The van der Waals surface area contributed by atoms with Crippen molar-refractivity contribution in [1.82, 2.24) is 9.80 Å². The molecule has 0 amide bonds. The van der Waals surface area contributed by atoms with E-state index in [0.717, 1.165) is 44.0 Å². The molecule has 1 N–H and O–H groups in total. The Balaban J connectivity index is 1.50. The molecule has 0 saturated carbocycles. The molecule has 3 rings (SSSR count). The van der Waals surface area contributed by atoms with Gasteiger partial charge in [-0.1, -0.05) is 35.9 Å². The van der Waals surface area contributed by atoms with Gasteiger partial charge in [-0.2, -0.15) is 0 Å². The van der Waals surface area contributed by atoms with Gasteiger partial charge in [0.05, 0.1) is 10.7 Å².